The van der Waals surface area contributed by atoms with Gasteiger partial charge in [-0.15, -0.1) is 0 Å². The lowest BCUT2D eigenvalue weighted by Gasteiger charge is -2.18. The van der Waals surface area contributed by atoms with E-state index in [4.69, 9.17) is 23.2 Å². The number of pyridine rings is 1. The molecule has 0 radical (unpaired) electrons. The second-order valence-electron chi connectivity index (χ2n) is 6.47. The smallest absolute Gasteiger partial charge is 0.271 e. The number of aliphatic imine (C=N–C) groups is 1. The second-order valence-corrected chi connectivity index (χ2v) is 9.57. The Kier molecular flexibility index (Phi) is 5.53. The van der Waals surface area contributed by atoms with Gasteiger partial charge in [0, 0.05) is 16.3 Å². The number of benzene rings is 1. The van der Waals surface area contributed by atoms with Gasteiger partial charge in [-0.2, -0.15) is 5.26 Å². The number of sulfone groups is 1. The molecule has 0 amide bonds. The molecule has 1 N–H and O–H groups in total. The molecule has 2 heterocycles. The highest BCUT2D eigenvalue weighted by Crippen LogP contribution is 2.30. The normalized spacial score (nSPS) is 18.4. The maximum atomic E-state index is 12.7. The predicted octanol–water partition coefficient (Wildman–Crippen LogP) is 3.15. The molecule has 0 saturated carbocycles. The molecule has 1 aromatic carbocycles. The Labute approximate surface area is 171 Å². The van der Waals surface area contributed by atoms with E-state index in [0.29, 0.717) is 15.7 Å². The van der Waals surface area contributed by atoms with E-state index in [0.717, 1.165) is 4.57 Å². The molecule has 1 unspecified atom stereocenters. The first-order valence-corrected chi connectivity index (χ1v) is 10.8. The van der Waals surface area contributed by atoms with Gasteiger partial charge < -0.3 is 5.11 Å². The maximum Gasteiger partial charge on any atom is 0.271 e. The summed E-state index contributed by atoms with van der Waals surface area (Å²) < 4.78 is 24.6. The van der Waals surface area contributed by atoms with Crippen LogP contribution in [0.3, 0.4) is 0 Å². The molecule has 28 heavy (non-hydrogen) atoms. The Morgan fingerprint density at radius 2 is 1.96 bits per heavy atom. The Morgan fingerprint density at radius 1 is 1.32 bits per heavy atom. The first-order chi connectivity index (χ1) is 13.1. The van der Waals surface area contributed by atoms with Crippen LogP contribution in [0.1, 0.15) is 29.2 Å². The fourth-order valence-corrected chi connectivity index (χ4v) is 5.38. The summed E-state index contributed by atoms with van der Waals surface area (Å²) in [6.45, 7) is 1.52. The third-order valence-electron chi connectivity index (χ3n) is 4.56. The summed E-state index contributed by atoms with van der Waals surface area (Å²) in [5, 5.41) is 20.9. The number of aromatic nitrogens is 1. The Morgan fingerprint density at radius 3 is 2.50 bits per heavy atom. The molecule has 3 rings (SSSR count). The van der Waals surface area contributed by atoms with Crippen LogP contribution in [-0.2, 0) is 9.84 Å². The van der Waals surface area contributed by atoms with Crippen LogP contribution in [0, 0.1) is 18.3 Å². The molecular weight excluding hydrogens is 425 g/mol. The topological polar surface area (TPSA) is 113 Å². The van der Waals surface area contributed by atoms with E-state index >= 15 is 0 Å². The Bertz CT molecular complexity index is 1180. The number of hydrogen-bond donors (Lipinski definition) is 1. The number of nitrogens with zero attached hydrogens (tertiary/aromatic N) is 3. The van der Waals surface area contributed by atoms with Gasteiger partial charge >= 0.3 is 0 Å². The lowest BCUT2D eigenvalue weighted by atomic mass is 10.0. The zero-order chi connectivity index (χ0) is 20.6. The summed E-state index contributed by atoms with van der Waals surface area (Å²) in [6, 6.07) is 5.75. The molecule has 1 aliphatic heterocycles. The fraction of sp³-hybridized carbons (Fsp3) is 0.278. The molecule has 146 valence electrons. The summed E-state index contributed by atoms with van der Waals surface area (Å²) in [7, 11) is -3.30. The van der Waals surface area contributed by atoms with Crippen molar-refractivity contribution in [2.24, 2.45) is 4.99 Å². The van der Waals surface area contributed by atoms with Crippen molar-refractivity contribution in [3.63, 3.8) is 0 Å². The van der Waals surface area contributed by atoms with Crippen molar-refractivity contribution in [1.82, 2.24) is 4.57 Å². The molecule has 1 aliphatic rings. The van der Waals surface area contributed by atoms with E-state index in [-0.39, 0.29) is 34.6 Å². The zero-order valence-electron chi connectivity index (χ0n) is 14.7. The van der Waals surface area contributed by atoms with Crippen molar-refractivity contribution >= 4 is 44.9 Å². The molecule has 1 fully saturated rings. The maximum absolute atomic E-state index is 12.7. The first-order valence-electron chi connectivity index (χ1n) is 8.21. The van der Waals surface area contributed by atoms with Gasteiger partial charge in [-0.1, -0.05) is 23.2 Å². The molecular formula is C18H15Cl2N3O4S. The third-order valence-corrected chi connectivity index (χ3v) is 6.74. The highest BCUT2D eigenvalue weighted by molar-refractivity contribution is 7.91. The number of halogens is 2. The number of rotatable bonds is 3. The van der Waals surface area contributed by atoms with Gasteiger partial charge in [0.1, 0.15) is 11.6 Å². The highest BCUT2D eigenvalue weighted by atomic mass is 35.5. The number of aromatic hydroxyl groups is 1. The summed E-state index contributed by atoms with van der Waals surface area (Å²) in [6.07, 6.45) is 1.48. The van der Waals surface area contributed by atoms with Gasteiger partial charge in [-0.25, -0.2) is 8.42 Å². The molecule has 7 nitrogen and oxygen atoms in total. The monoisotopic (exact) mass is 439 g/mol. The Balaban J connectivity index is 2.16. The van der Waals surface area contributed by atoms with Gasteiger partial charge in [0.05, 0.1) is 28.8 Å². The third kappa shape index (κ3) is 3.92. The summed E-state index contributed by atoms with van der Waals surface area (Å²) in [4.78, 5) is 16.9. The fourth-order valence-electron chi connectivity index (χ4n) is 3.17. The summed E-state index contributed by atoms with van der Waals surface area (Å²) >= 11 is 11.9. The molecule has 1 atom stereocenters. The minimum Gasteiger partial charge on any atom is -0.494 e. The molecule has 0 bridgehead atoms. The van der Waals surface area contributed by atoms with Gasteiger partial charge in [0.2, 0.25) is 5.88 Å². The van der Waals surface area contributed by atoms with E-state index in [2.05, 4.69) is 4.99 Å². The van der Waals surface area contributed by atoms with Crippen molar-refractivity contribution in [2.45, 2.75) is 19.4 Å². The minimum atomic E-state index is -3.30. The first kappa shape index (κ1) is 20.4. The standard InChI is InChI=1S/C18H15Cl2N3O4S/c1-10-15(7-21)17(24)23(14-2-3-28(26,27)9-14)18(25)16(10)8-22-13-5-11(19)4-12(20)6-13/h4-6,8,14,25H,2-3,9H2,1H3. The Hall–Kier alpha value is -2.34. The van der Waals surface area contributed by atoms with Gasteiger partial charge in [-0.3, -0.25) is 14.4 Å². The van der Waals surface area contributed by atoms with Gasteiger partial charge in [0.15, 0.2) is 9.84 Å². The van der Waals surface area contributed by atoms with Crippen molar-refractivity contribution in [1.29, 1.82) is 5.26 Å². The van der Waals surface area contributed by atoms with Crippen LogP contribution < -0.4 is 5.56 Å². The van der Waals surface area contributed by atoms with Crippen LogP contribution in [-0.4, -0.2) is 35.8 Å². The van der Waals surface area contributed by atoms with E-state index in [1.807, 2.05) is 6.07 Å². The van der Waals surface area contributed by atoms with Crippen LogP contribution in [0.25, 0.3) is 0 Å². The van der Waals surface area contributed by atoms with E-state index in [1.165, 1.54) is 13.1 Å². The number of nitriles is 1. The molecule has 10 heteroatoms. The molecule has 1 aromatic heterocycles. The quantitative estimate of drug-likeness (QED) is 0.737. The molecule has 0 spiro atoms. The molecule has 2 aromatic rings. The van der Waals surface area contributed by atoms with E-state index < -0.39 is 27.3 Å². The summed E-state index contributed by atoms with van der Waals surface area (Å²) in [5.74, 6) is -0.779. The lowest BCUT2D eigenvalue weighted by Crippen LogP contribution is -2.29. The van der Waals surface area contributed by atoms with Crippen LogP contribution in [0.4, 0.5) is 5.69 Å². The van der Waals surface area contributed by atoms with Crippen LogP contribution in [0.5, 0.6) is 5.88 Å². The zero-order valence-corrected chi connectivity index (χ0v) is 17.0. The molecule has 1 saturated heterocycles. The van der Waals surface area contributed by atoms with Crippen molar-refractivity contribution in [2.75, 3.05) is 11.5 Å². The second kappa shape index (κ2) is 7.59. The molecule has 0 aliphatic carbocycles. The largest absolute Gasteiger partial charge is 0.494 e. The van der Waals surface area contributed by atoms with Crippen LogP contribution in [0.15, 0.2) is 28.0 Å². The average Bonchev–Trinajstić information content (AvgIpc) is 2.93. The number of hydrogen-bond acceptors (Lipinski definition) is 6. The highest BCUT2D eigenvalue weighted by Gasteiger charge is 2.33. The average molecular weight is 440 g/mol. The van der Waals surface area contributed by atoms with Gasteiger partial charge in [-0.05, 0) is 37.1 Å². The lowest BCUT2D eigenvalue weighted by molar-refractivity contribution is 0.379. The van der Waals surface area contributed by atoms with Crippen molar-refractivity contribution in [3.05, 3.63) is 55.3 Å². The summed E-state index contributed by atoms with van der Waals surface area (Å²) in [5.41, 5.74) is -0.0817. The minimum absolute atomic E-state index is 0.0796. The van der Waals surface area contributed by atoms with Crippen molar-refractivity contribution < 1.29 is 13.5 Å². The van der Waals surface area contributed by atoms with E-state index in [9.17, 15) is 23.6 Å². The SMILES string of the molecule is Cc1c(C=Nc2cc(Cl)cc(Cl)c2)c(O)n(C2CCS(=O)(=O)C2)c(=O)c1C#N. The van der Waals surface area contributed by atoms with Gasteiger partial charge in [0.25, 0.3) is 5.56 Å². The van der Waals surface area contributed by atoms with Crippen LogP contribution >= 0.6 is 23.2 Å². The van der Waals surface area contributed by atoms with Crippen LogP contribution in [0.2, 0.25) is 10.0 Å². The predicted molar refractivity (Wildman–Crippen MR) is 108 cm³/mol. The van der Waals surface area contributed by atoms with E-state index in [1.54, 1.807) is 18.2 Å². The van der Waals surface area contributed by atoms with Crippen molar-refractivity contribution in [3.8, 4) is 11.9 Å².